The molecule has 1 aromatic carbocycles. The summed E-state index contributed by atoms with van der Waals surface area (Å²) in [7, 11) is 0. The quantitative estimate of drug-likeness (QED) is 0.868. The predicted molar refractivity (Wildman–Crippen MR) is 92.1 cm³/mol. The van der Waals surface area contributed by atoms with Crippen LogP contribution < -0.4 is 10.2 Å². The van der Waals surface area contributed by atoms with Gasteiger partial charge in [-0.05, 0) is 19.4 Å². The number of nitrogens with one attached hydrogen (secondary N) is 1. The first-order valence-electron chi connectivity index (χ1n) is 8.23. The first-order chi connectivity index (χ1) is 11.7. The normalized spacial score (nSPS) is 17.6. The summed E-state index contributed by atoms with van der Waals surface area (Å²) >= 11 is 0. The summed E-state index contributed by atoms with van der Waals surface area (Å²) in [4.78, 5) is 22.9. The van der Waals surface area contributed by atoms with Crippen molar-refractivity contribution in [2.75, 3.05) is 31.1 Å². The lowest BCUT2D eigenvalue weighted by Crippen LogP contribution is -2.46. The van der Waals surface area contributed by atoms with Crippen LogP contribution in [0.25, 0.3) is 0 Å². The third kappa shape index (κ3) is 3.54. The van der Waals surface area contributed by atoms with Crippen molar-refractivity contribution in [1.82, 2.24) is 15.3 Å². The van der Waals surface area contributed by atoms with Crippen LogP contribution in [0, 0.1) is 6.92 Å². The maximum absolute atomic E-state index is 11.9. The fourth-order valence-electron chi connectivity index (χ4n) is 2.86. The summed E-state index contributed by atoms with van der Waals surface area (Å²) in [5.41, 5.74) is 2.32. The molecule has 1 atom stereocenters. The maximum Gasteiger partial charge on any atom is 0.341 e. The van der Waals surface area contributed by atoms with Crippen molar-refractivity contribution < 1.29 is 9.53 Å². The average molecular weight is 326 g/mol. The number of esters is 1. The van der Waals surface area contributed by atoms with Gasteiger partial charge >= 0.3 is 5.97 Å². The number of hydrogen-bond acceptors (Lipinski definition) is 6. The zero-order valence-electron chi connectivity index (χ0n) is 14.0. The van der Waals surface area contributed by atoms with E-state index >= 15 is 0 Å². The molecular weight excluding hydrogens is 304 g/mol. The zero-order valence-corrected chi connectivity index (χ0v) is 14.0. The van der Waals surface area contributed by atoms with E-state index in [1.54, 1.807) is 13.1 Å². The van der Waals surface area contributed by atoms with E-state index in [0.717, 1.165) is 19.6 Å². The van der Waals surface area contributed by atoms with Gasteiger partial charge in [0.2, 0.25) is 5.95 Å². The Bertz CT molecular complexity index is 705. The van der Waals surface area contributed by atoms with Gasteiger partial charge < -0.3 is 15.0 Å². The molecule has 0 saturated carbocycles. The highest BCUT2D eigenvalue weighted by atomic mass is 16.5. The maximum atomic E-state index is 11.9. The smallest absolute Gasteiger partial charge is 0.341 e. The fourth-order valence-corrected chi connectivity index (χ4v) is 2.86. The van der Waals surface area contributed by atoms with Gasteiger partial charge in [-0.2, -0.15) is 0 Å². The van der Waals surface area contributed by atoms with Crippen LogP contribution in [0.1, 0.15) is 34.6 Å². The Balaban J connectivity index is 1.76. The second-order valence-electron chi connectivity index (χ2n) is 5.75. The Hall–Kier alpha value is -2.47. The van der Waals surface area contributed by atoms with Crippen LogP contribution in [0.2, 0.25) is 0 Å². The second-order valence-corrected chi connectivity index (χ2v) is 5.75. The minimum Gasteiger partial charge on any atom is -0.462 e. The summed E-state index contributed by atoms with van der Waals surface area (Å²) < 4.78 is 5.03. The van der Waals surface area contributed by atoms with Crippen LogP contribution in [0.15, 0.2) is 36.5 Å². The molecule has 2 heterocycles. The minimum absolute atomic E-state index is 0.244. The van der Waals surface area contributed by atoms with E-state index in [0.29, 0.717) is 23.8 Å². The molecule has 6 heteroatoms. The number of aromatic nitrogens is 2. The van der Waals surface area contributed by atoms with Gasteiger partial charge in [0.1, 0.15) is 0 Å². The van der Waals surface area contributed by atoms with Crippen molar-refractivity contribution in [1.29, 1.82) is 0 Å². The number of anilines is 1. The molecule has 6 nitrogen and oxygen atoms in total. The van der Waals surface area contributed by atoms with Gasteiger partial charge in [-0.15, -0.1) is 0 Å². The summed E-state index contributed by atoms with van der Waals surface area (Å²) in [5.74, 6) is 0.284. The number of rotatable bonds is 4. The Morgan fingerprint density at radius 2 is 2.17 bits per heavy atom. The van der Waals surface area contributed by atoms with Gasteiger partial charge in [0.05, 0.1) is 17.9 Å². The second kappa shape index (κ2) is 7.40. The molecule has 0 aliphatic carbocycles. The average Bonchev–Trinajstić information content (AvgIpc) is 2.62. The third-order valence-electron chi connectivity index (χ3n) is 4.12. The van der Waals surface area contributed by atoms with E-state index in [9.17, 15) is 4.79 Å². The van der Waals surface area contributed by atoms with Gasteiger partial charge in [0.25, 0.3) is 0 Å². The highest BCUT2D eigenvalue weighted by Crippen LogP contribution is 2.20. The molecule has 126 valence electrons. The van der Waals surface area contributed by atoms with Gasteiger partial charge in [0, 0.05) is 31.9 Å². The molecule has 1 aliphatic heterocycles. The lowest BCUT2D eigenvalue weighted by molar-refractivity contribution is 0.0524. The molecule has 0 spiro atoms. The molecule has 0 bridgehead atoms. The van der Waals surface area contributed by atoms with E-state index in [1.807, 2.05) is 25.1 Å². The Morgan fingerprint density at radius 3 is 2.88 bits per heavy atom. The standard InChI is InChI=1S/C18H22N4O2/c1-3-24-17(23)15-11-20-18(21-13(15)2)22-10-9-19-16(12-22)14-7-5-4-6-8-14/h4-8,11,16,19H,3,9-10,12H2,1-2H3. The lowest BCUT2D eigenvalue weighted by Gasteiger charge is -2.34. The first kappa shape index (κ1) is 16.4. The van der Waals surface area contributed by atoms with Gasteiger partial charge in [0.15, 0.2) is 0 Å². The Kier molecular flexibility index (Phi) is 5.05. The highest BCUT2D eigenvalue weighted by molar-refractivity contribution is 5.90. The molecule has 2 aromatic rings. The molecule has 1 saturated heterocycles. The van der Waals surface area contributed by atoms with Crippen LogP contribution in [0.4, 0.5) is 5.95 Å². The summed E-state index contributed by atoms with van der Waals surface area (Å²) in [6, 6.07) is 10.6. The molecule has 24 heavy (non-hydrogen) atoms. The number of piperazine rings is 1. The number of carbonyl (C=O) groups excluding carboxylic acids is 1. The van der Waals surface area contributed by atoms with Crippen molar-refractivity contribution in [2.45, 2.75) is 19.9 Å². The van der Waals surface area contributed by atoms with E-state index < -0.39 is 0 Å². The number of ether oxygens (including phenoxy) is 1. The Labute approximate surface area is 141 Å². The highest BCUT2D eigenvalue weighted by Gasteiger charge is 2.23. The number of benzene rings is 1. The van der Waals surface area contributed by atoms with Crippen molar-refractivity contribution in [3.05, 3.63) is 53.3 Å². The predicted octanol–water partition coefficient (Wildman–Crippen LogP) is 2.11. The zero-order chi connectivity index (χ0) is 16.9. The van der Waals surface area contributed by atoms with Gasteiger partial charge in [-0.25, -0.2) is 14.8 Å². The lowest BCUT2D eigenvalue weighted by atomic mass is 10.0. The number of aryl methyl sites for hydroxylation is 1. The summed E-state index contributed by atoms with van der Waals surface area (Å²) in [6.45, 7) is 6.43. The van der Waals surface area contributed by atoms with E-state index in [-0.39, 0.29) is 12.0 Å². The first-order valence-corrected chi connectivity index (χ1v) is 8.23. The molecule has 3 rings (SSSR count). The van der Waals surface area contributed by atoms with Crippen LogP contribution in [-0.4, -0.2) is 42.2 Å². The Morgan fingerprint density at radius 1 is 1.38 bits per heavy atom. The van der Waals surface area contributed by atoms with Gasteiger partial charge in [-0.3, -0.25) is 0 Å². The van der Waals surface area contributed by atoms with Crippen LogP contribution in [0.3, 0.4) is 0 Å². The molecule has 1 fully saturated rings. The molecular formula is C18H22N4O2. The third-order valence-corrected chi connectivity index (χ3v) is 4.12. The SMILES string of the molecule is CCOC(=O)c1cnc(N2CCNC(c3ccccc3)C2)nc1C. The summed E-state index contributed by atoms with van der Waals surface area (Å²) in [5, 5.41) is 3.52. The van der Waals surface area contributed by atoms with Crippen LogP contribution >= 0.6 is 0 Å². The van der Waals surface area contributed by atoms with Crippen LogP contribution in [0.5, 0.6) is 0 Å². The topological polar surface area (TPSA) is 67.3 Å². The van der Waals surface area contributed by atoms with Crippen molar-refractivity contribution >= 4 is 11.9 Å². The van der Waals surface area contributed by atoms with Crippen molar-refractivity contribution in [3.8, 4) is 0 Å². The molecule has 1 unspecified atom stereocenters. The van der Waals surface area contributed by atoms with Crippen molar-refractivity contribution in [2.24, 2.45) is 0 Å². The molecule has 0 radical (unpaired) electrons. The molecule has 1 N–H and O–H groups in total. The number of carbonyl (C=O) groups is 1. The summed E-state index contributed by atoms with van der Waals surface area (Å²) in [6.07, 6.45) is 1.56. The molecule has 0 amide bonds. The number of hydrogen-bond donors (Lipinski definition) is 1. The molecule has 1 aliphatic rings. The fraction of sp³-hybridized carbons (Fsp3) is 0.389. The van der Waals surface area contributed by atoms with E-state index in [2.05, 4.69) is 32.3 Å². The van der Waals surface area contributed by atoms with Crippen molar-refractivity contribution in [3.63, 3.8) is 0 Å². The monoisotopic (exact) mass is 326 g/mol. The largest absolute Gasteiger partial charge is 0.462 e. The van der Waals surface area contributed by atoms with Crippen LogP contribution in [-0.2, 0) is 4.74 Å². The number of nitrogens with zero attached hydrogens (tertiary/aromatic N) is 3. The molecule has 1 aromatic heterocycles. The van der Waals surface area contributed by atoms with E-state index in [1.165, 1.54) is 5.56 Å². The van der Waals surface area contributed by atoms with Gasteiger partial charge in [-0.1, -0.05) is 30.3 Å². The van der Waals surface area contributed by atoms with E-state index in [4.69, 9.17) is 4.74 Å². The minimum atomic E-state index is -0.371.